The van der Waals surface area contributed by atoms with Crippen molar-refractivity contribution in [3.8, 4) is 0 Å². The third kappa shape index (κ3) is 6.59. The summed E-state index contributed by atoms with van der Waals surface area (Å²) in [5.74, 6) is 0. The molecule has 0 bridgehead atoms. The van der Waals surface area contributed by atoms with Crippen molar-refractivity contribution in [3.63, 3.8) is 0 Å². The van der Waals surface area contributed by atoms with Crippen LogP contribution < -0.4 is 37.2 Å². The molecule has 2 aromatic carbocycles. The van der Waals surface area contributed by atoms with Crippen LogP contribution in [0.5, 0.6) is 0 Å². The molecule has 0 N–H and O–H groups in total. The predicted molar refractivity (Wildman–Crippen MR) is 56.0 cm³/mol. The van der Waals surface area contributed by atoms with Crippen molar-refractivity contribution in [2.24, 2.45) is 0 Å². The van der Waals surface area contributed by atoms with Gasteiger partial charge in [-0.3, -0.25) is 0 Å². The van der Waals surface area contributed by atoms with E-state index in [1.54, 1.807) is 0 Å². The van der Waals surface area contributed by atoms with E-state index in [9.17, 15) is 0 Å². The first-order valence-corrected chi connectivity index (χ1v) is 4.61. The number of rotatable bonds is 2. The molecule has 0 aliphatic rings. The largest absolute Gasteiger partial charge is 4.00 e. The molecule has 2 rings (SSSR count). The quantitative estimate of drug-likeness (QED) is 0.382. The summed E-state index contributed by atoms with van der Waals surface area (Å²) >= 11 is 0. The molecule has 0 saturated heterocycles. The normalized spacial score (nSPS) is 7.82. The average molecular weight is 323 g/mol. The molecule has 0 amide bonds. The standard InChI is InChI=1S/C13H13.3ClH.Ti/c1-11-6-2-5-9-13(11)10-12-7-3-4-8-12;;;;/h2-9H,10H2,1H3;3*1H;/q-1;;;;+4/p-3. The molecule has 2 aromatic rings. The van der Waals surface area contributed by atoms with Crippen LogP contribution in [-0.2, 0) is 28.1 Å². The fraction of sp³-hybridized carbons (Fsp3) is 0.154. The van der Waals surface area contributed by atoms with E-state index in [2.05, 4.69) is 55.5 Å². The number of halogens is 3. The Morgan fingerprint density at radius 3 is 1.94 bits per heavy atom. The van der Waals surface area contributed by atoms with Gasteiger partial charge in [-0.2, -0.15) is 17.7 Å². The van der Waals surface area contributed by atoms with Crippen molar-refractivity contribution >= 4 is 0 Å². The fourth-order valence-corrected chi connectivity index (χ4v) is 1.56. The minimum Gasteiger partial charge on any atom is -1.00 e. The second kappa shape index (κ2) is 11.3. The monoisotopic (exact) mass is 322 g/mol. The predicted octanol–water partition coefficient (Wildman–Crippen LogP) is -5.69. The maximum atomic E-state index is 2.20. The first-order valence-electron chi connectivity index (χ1n) is 4.61. The van der Waals surface area contributed by atoms with Crippen LogP contribution in [0.15, 0.2) is 48.5 Å². The minimum absolute atomic E-state index is 0. The summed E-state index contributed by atoms with van der Waals surface area (Å²) < 4.78 is 0. The third-order valence-electron chi connectivity index (χ3n) is 2.39. The molecule has 0 unspecified atom stereocenters. The van der Waals surface area contributed by atoms with Gasteiger partial charge in [-0.05, 0) is 18.9 Å². The summed E-state index contributed by atoms with van der Waals surface area (Å²) in [6.45, 7) is 2.16. The van der Waals surface area contributed by atoms with Crippen molar-refractivity contribution in [2.75, 3.05) is 0 Å². The van der Waals surface area contributed by atoms with Gasteiger partial charge in [0.05, 0.1) is 0 Å². The number of benzene rings is 1. The SMILES string of the molecule is Cc1ccccc1C[c-]1cccc1.[Cl-].[Cl-].[Cl-].[Ti+4]. The summed E-state index contributed by atoms with van der Waals surface area (Å²) in [4.78, 5) is 0. The number of hydrogen-bond acceptors (Lipinski definition) is 0. The number of hydrogen-bond donors (Lipinski definition) is 0. The van der Waals surface area contributed by atoms with Crippen LogP contribution in [0.3, 0.4) is 0 Å². The molecule has 0 aromatic heterocycles. The summed E-state index contributed by atoms with van der Waals surface area (Å²) in [5.41, 5.74) is 4.20. The van der Waals surface area contributed by atoms with Crippen molar-refractivity contribution in [1.29, 1.82) is 0 Å². The van der Waals surface area contributed by atoms with E-state index in [-0.39, 0.29) is 58.9 Å². The Labute approximate surface area is 137 Å². The van der Waals surface area contributed by atoms with E-state index in [4.69, 9.17) is 0 Å². The second-order valence-electron chi connectivity index (χ2n) is 3.40. The topological polar surface area (TPSA) is 0 Å². The molecule has 0 heterocycles. The Kier molecular flexibility index (Phi) is 14.8. The zero-order valence-electron chi connectivity index (χ0n) is 9.46. The van der Waals surface area contributed by atoms with Crippen LogP contribution in [0.4, 0.5) is 0 Å². The molecular weight excluding hydrogens is 310 g/mol. The van der Waals surface area contributed by atoms with Gasteiger partial charge in [-0.1, -0.05) is 29.8 Å². The molecule has 90 valence electrons. The first kappa shape index (κ1) is 22.3. The van der Waals surface area contributed by atoms with Gasteiger partial charge in [0.1, 0.15) is 0 Å². The maximum absolute atomic E-state index is 2.20. The van der Waals surface area contributed by atoms with Gasteiger partial charge in [-0.15, -0.1) is 0 Å². The zero-order chi connectivity index (χ0) is 9.10. The Hall–Kier alpha value is 0.154. The molecule has 0 nitrogen and oxygen atoms in total. The van der Waals surface area contributed by atoms with Crippen molar-refractivity contribution in [3.05, 3.63) is 65.2 Å². The molecule has 0 spiro atoms. The van der Waals surface area contributed by atoms with E-state index < -0.39 is 0 Å². The smallest absolute Gasteiger partial charge is 1.00 e. The molecule has 0 saturated carbocycles. The Morgan fingerprint density at radius 2 is 1.41 bits per heavy atom. The summed E-state index contributed by atoms with van der Waals surface area (Å²) in [6, 6.07) is 17.1. The maximum Gasteiger partial charge on any atom is 4.00 e. The molecule has 0 aliphatic heterocycles. The Bertz CT molecular complexity index is 385. The van der Waals surface area contributed by atoms with E-state index in [1.807, 2.05) is 0 Å². The van der Waals surface area contributed by atoms with E-state index in [0.29, 0.717) is 0 Å². The molecule has 17 heavy (non-hydrogen) atoms. The fourth-order valence-electron chi connectivity index (χ4n) is 1.56. The molecule has 0 aliphatic carbocycles. The van der Waals surface area contributed by atoms with Gasteiger partial charge in [0.2, 0.25) is 0 Å². The first-order chi connectivity index (χ1) is 6.36. The number of aryl methyl sites for hydroxylation is 1. The van der Waals surface area contributed by atoms with E-state index in [0.717, 1.165) is 6.42 Å². The molecule has 0 radical (unpaired) electrons. The van der Waals surface area contributed by atoms with Gasteiger partial charge >= 0.3 is 21.7 Å². The second-order valence-corrected chi connectivity index (χ2v) is 3.40. The average Bonchev–Trinajstić information content (AvgIpc) is 2.61. The summed E-state index contributed by atoms with van der Waals surface area (Å²) in [7, 11) is 0. The van der Waals surface area contributed by atoms with Gasteiger partial charge < -0.3 is 37.2 Å². The van der Waals surface area contributed by atoms with Crippen LogP contribution in [0.2, 0.25) is 0 Å². The zero-order valence-corrected chi connectivity index (χ0v) is 13.3. The van der Waals surface area contributed by atoms with Crippen molar-refractivity contribution in [2.45, 2.75) is 13.3 Å². The van der Waals surface area contributed by atoms with Gasteiger partial charge in [0.15, 0.2) is 0 Å². The Morgan fingerprint density at radius 1 is 0.882 bits per heavy atom. The molecule has 4 heteroatoms. The van der Waals surface area contributed by atoms with Gasteiger partial charge in [0.25, 0.3) is 0 Å². The van der Waals surface area contributed by atoms with Crippen molar-refractivity contribution < 1.29 is 58.9 Å². The van der Waals surface area contributed by atoms with Crippen molar-refractivity contribution in [1.82, 2.24) is 0 Å². The minimum atomic E-state index is 0. The van der Waals surface area contributed by atoms with Crippen LogP contribution in [0.1, 0.15) is 16.7 Å². The van der Waals surface area contributed by atoms with Gasteiger partial charge in [-0.25, -0.2) is 12.1 Å². The Balaban J connectivity index is -0.000000490. The van der Waals surface area contributed by atoms with Gasteiger partial charge in [0, 0.05) is 0 Å². The van der Waals surface area contributed by atoms with Crippen LogP contribution in [0.25, 0.3) is 0 Å². The van der Waals surface area contributed by atoms with Crippen LogP contribution >= 0.6 is 0 Å². The summed E-state index contributed by atoms with van der Waals surface area (Å²) in [6.07, 6.45) is 1.06. The molecule has 0 fully saturated rings. The summed E-state index contributed by atoms with van der Waals surface area (Å²) in [5, 5.41) is 0. The van der Waals surface area contributed by atoms with Crippen LogP contribution in [0, 0.1) is 6.92 Å². The third-order valence-corrected chi connectivity index (χ3v) is 2.39. The van der Waals surface area contributed by atoms with Crippen LogP contribution in [-0.4, -0.2) is 0 Å². The molecule has 0 atom stereocenters. The molecular formula is C13H13Cl3Ti. The van der Waals surface area contributed by atoms with E-state index >= 15 is 0 Å². The van der Waals surface area contributed by atoms with E-state index in [1.165, 1.54) is 16.7 Å².